The van der Waals surface area contributed by atoms with Crippen molar-refractivity contribution in [2.75, 3.05) is 7.11 Å². The van der Waals surface area contributed by atoms with Crippen molar-refractivity contribution in [2.45, 2.75) is 28.2 Å². The molecule has 0 bridgehead atoms. The monoisotopic (exact) mass is 303 g/mol. The summed E-state index contributed by atoms with van der Waals surface area (Å²) in [6, 6.07) is 13.7. The van der Waals surface area contributed by atoms with Crippen LogP contribution in [0, 0.1) is 32.1 Å². The summed E-state index contributed by atoms with van der Waals surface area (Å²) >= 11 is 5.80. The molecule has 2 nitrogen and oxygen atoms in total. The second kappa shape index (κ2) is 9.05. The van der Waals surface area contributed by atoms with E-state index in [1.165, 1.54) is 0 Å². The second-order valence-corrected chi connectivity index (χ2v) is 4.98. The van der Waals surface area contributed by atoms with Gasteiger partial charge in [-0.1, -0.05) is 37.2 Å². The van der Waals surface area contributed by atoms with Gasteiger partial charge in [0.05, 0.1) is 23.8 Å². The van der Waals surface area contributed by atoms with Gasteiger partial charge in [-0.15, -0.1) is 0 Å². The average molecular weight is 304 g/mol. The molecule has 2 aromatic rings. The molecule has 0 atom stereocenters. The van der Waals surface area contributed by atoms with Gasteiger partial charge in [0, 0.05) is 0 Å². The highest BCUT2D eigenvalue weighted by Gasteiger charge is 1.97. The molecular formula is C18H22ClNO. The first-order valence-electron chi connectivity index (χ1n) is 6.25. The number of halogens is 1. The summed E-state index contributed by atoms with van der Waals surface area (Å²) in [6.07, 6.45) is 0. The van der Waals surface area contributed by atoms with Gasteiger partial charge >= 0.3 is 0 Å². The molecule has 3 heteroatoms. The van der Waals surface area contributed by atoms with Crippen molar-refractivity contribution in [1.29, 1.82) is 5.26 Å². The molecule has 21 heavy (non-hydrogen) atoms. The maximum atomic E-state index is 8.59. The lowest BCUT2D eigenvalue weighted by molar-refractivity contribution is 0.415. The van der Waals surface area contributed by atoms with E-state index < -0.39 is 0 Å². The zero-order valence-electron chi connectivity index (χ0n) is 12.2. The van der Waals surface area contributed by atoms with Crippen LogP contribution in [0.4, 0.5) is 0 Å². The van der Waals surface area contributed by atoms with Crippen LogP contribution in [0.2, 0.25) is 5.02 Å². The third-order valence-corrected chi connectivity index (χ3v) is 3.12. The standard InChI is InChI=1S/C9H9N.C8H9ClO.CH4/c1-7-3-4-8(2)9(5-7)6-10;1-6-3-4-8(10-2)7(9)5-6;/h2*3-5H,1-2H3;1H4. The highest BCUT2D eigenvalue weighted by molar-refractivity contribution is 6.32. The minimum absolute atomic E-state index is 0. The number of ether oxygens (including phenoxy) is 1. The first kappa shape index (κ1) is 19.0. The minimum atomic E-state index is 0. The van der Waals surface area contributed by atoms with Gasteiger partial charge in [-0.25, -0.2) is 0 Å². The van der Waals surface area contributed by atoms with Crippen LogP contribution < -0.4 is 4.74 Å². The molecule has 0 amide bonds. The molecule has 0 fully saturated rings. The molecule has 0 N–H and O–H groups in total. The van der Waals surface area contributed by atoms with Gasteiger partial charge < -0.3 is 4.74 Å². The lowest BCUT2D eigenvalue weighted by Gasteiger charge is -2.01. The summed E-state index contributed by atoms with van der Waals surface area (Å²) < 4.78 is 4.97. The summed E-state index contributed by atoms with van der Waals surface area (Å²) in [5.74, 6) is 0.729. The zero-order chi connectivity index (χ0) is 15.1. The van der Waals surface area contributed by atoms with Crippen molar-refractivity contribution < 1.29 is 4.74 Å². The van der Waals surface area contributed by atoms with Gasteiger partial charge in [0.2, 0.25) is 0 Å². The smallest absolute Gasteiger partial charge is 0.137 e. The van der Waals surface area contributed by atoms with Crippen LogP contribution in [0.3, 0.4) is 0 Å². The van der Waals surface area contributed by atoms with E-state index in [0.717, 1.165) is 28.0 Å². The third kappa shape index (κ3) is 5.89. The molecule has 0 aliphatic carbocycles. The van der Waals surface area contributed by atoms with Crippen molar-refractivity contribution >= 4 is 11.6 Å². The molecule has 0 spiro atoms. The number of rotatable bonds is 1. The topological polar surface area (TPSA) is 33.0 Å². The van der Waals surface area contributed by atoms with Crippen molar-refractivity contribution in [3.8, 4) is 11.8 Å². The Morgan fingerprint density at radius 2 is 1.57 bits per heavy atom. The van der Waals surface area contributed by atoms with E-state index in [2.05, 4.69) is 6.07 Å². The van der Waals surface area contributed by atoms with Crippen molar-refractivity contribution in [2.24, 2.45) is 0 Å². The molecule has 0 unspecified atom stereocenters. The van der Waals surface area contributed by atoms with Crippen LogP contribution in [0.15, 0.2) is 36.4 Å². The third-order valence-electron chi connectivity index (χ3n) is 2.82. The van der Waals surface area contributed by atoms with Crippen LogP contribution in [0.5, 0.6) is 5.75 Å². The van der Waals surface area contributed by atoms with Crippen LogP contribution in [0.1, 0.15) is 29.7 Å². The number of hydrogen-bond donors (Lipinski definition) is 0. The number of nitriles is 1. The maximum absolute atomic E-state index is 8.59. The van der Waals surface area contributed by atoms with E-state index in [-0.39, 0.29) is 7.43 Å². The van der Waals surface area contributed by atoms with Crippen molar-refractivity contribution in [3.05, 3.63) is 63.7 Å². The zero-order valence-corrected chi connectivity index (χ0v) is 13.0. The molecule has 0 aliphatic rings. The Kier molecular flexibility index (Phi) is 8.19. The Labute approximate surface area is 132 Å². The Morgan fingerprint density at radius 1 is 1.00 bits per heavy atom. The lowest BCUT2D eigenvalue weighted by Crippen LogP contribution is -1.83. The predicted octanol–water partition coefficient (Wildman–Crippen LogP) is 5.47. The van der Waals surface area contributed by atoms with E-state index >= 15 is 0 Å². The Balaban J connectivity index is 0.000000364. The molecule has 0 aromatic heterocycles. The number of hydrogen-bond acceptors (Lipinski definition) is 2. The molecule has 0 radical (unpaired) electrons. The molecule has 0 saturated heterocycles. The fourth-order valence-corrected chi connectivity index (χ4v) is 1.94. The normalized spacial score (nSPS) is 8.76. The van der Waals surface area contributed by atoms with E-state index in [1.807, 2.05) is 57.2 Å². The lowest BCUT2D eigenvalue weighted by atomic mass is 10.1. The van der Waals surface area contributed by atoms with Gasteiger partial charge in [0.15, 0.2) is 0 Å². The van der Waals surface area contributed by atoms with E-state index in [4.69, 9.17) is 21.6 Å². The van der Waals surface area contributed by atoms with Crippen molar-refractivity contribution in [1.82, 2.24) is 0 Å². The molecule has 112 valence electrons. The molecule has 0 aliphatic heterocycles. The molecule has 0 saturated carbocycles. The fraction of sp³-hybridized carbons (Fsp3) is 0.278. The van der Waals surface area contributed by atoms with E-state index in [9.17, 15) is 0 Å². The van der Waals surface area contributed by atoms with Gasteiger partial charge in [-0.2, -0.15) is 5.26 Å². The average Bonchev–Trinajstić information content (AvgIpc) is 2.42. The van der Waals surface area contributed by atoms with Gasteiger partial charge in [0.25, 0.3) is 0 Å². The summed E-state index contributed by atoms with van der Waals surface area (Å²) in [6.45, 7) is 5.92. The van der Waals surface area contributed by atoms with Crippen LogP contribution in [-0.4, -0.2) is 7.11 Å². The summed E-state index contributed by atoms with van der Waals surface area (Å²) in [5, 5.41) is 9.26. The van der Waals surface area contributed by atoms with Gasteiger partial charge in [-0.3, -0.25) is 0 Å². The fourth-order valence-electron chi connectivity index (χ4n) is 1.63. The number of methoxy groups -OCH3 is 1. The van der Waals surface area contributed by atoms with Gasteiger partial charge in [0.1, 0.15) is 5.75 Å². The summed E-state index contributed by atoms with van der Waals surface area (Å²) in [4.78, 5) is 0. The van der Waals surface area contributed by atoms with Crippen LogP contribution in [-0.2, 0) is 0 Å². The predicted molar refractivity (Wildman–Crippen MR) is 90.1 cm³/mol. The number of aryl methyl sites for hydroxylation is 3. The number of benzene rings is 2. The highest BCUT2D eigenvalue weighted by Crippen LogP contribution is 2.24. The molecule has 2 rings (SSSR count). The Bertz CT molecular complexity index is 624. The Hall–Kier alpha value is -1.98. The molecular weight excluding hydrogens is 282 g/mol. The van der Waals surface area contributed by atoms with Crippen LogP contribution in [0.25, 0.3) is 0 Å². The maximum Gasteiger partial charge on any atom is 0.137 e. The largest absolute Gasteiger partial charge is 0.495 e. The second-order valence-electron chi connectivity index (χ2n) is 4.57. The van der Waals surface area contributed by atoms with Crippen molar-refractivity contribution in [3.63, 3.8) is 0 Å². The first-order chi connectivity index (χ1) is 9.47. The Morgan fingerprint density at radius 3 is 2.05 bits per heavy atom. The highest BCUT2D eigenvalue weighted by atomic mass is 35.5. The van der Waals surface area contributed by atoms with Crippen LogP contribution >= 0.6 is 11.6 Å². The quantitative estimate of drug-likeness (QED) is 0.700. The first-order valence-corrected chi connectivity index (χ1v) is 6.63. The molecule has 2 aromatic carbocycles. The minimum Gasteiger partial charge on any atom is -0.495 e. The van der Waals surface area contributed by atoms with Gasteiger partial charge in [-0.05, 0) is 55.7 Å². The van der Waals surface area contributed by atoms with E-state index in [0.29, 0.717) is 5.02 Å². The SMILES string of the molecule is C.COc1ccc(C)cc1Cl.Cc1ccc(C)c(C#N)c1. The summed E-state index contributed by atoms with van der Waals surface area (Å²) in [5.41, 5.74) is 4.11. The summed E-state index contributed by atoms with van der Waals surface area (Å²) in [7, 11) is 1.61. The molecule has 0 heterocycles. The van der Waals surface area contributed by atoms with E-state index in [1.54, 1.807) is 7.11 Å². The number of nitrogens with zero attached hydrogens (tertiary/aromatic N) is 1.